The number of amides is 3. The summed E-state index contributed by atoms with van der Waals surface area (Å²) in [5, 5.41) is 72.4. The van der Waals surface area contributed by atoms with E-state index in [1.54, 1.807) is 13.8 Å². The zero-order valence-electron chi connectivity index (χ0n) is 35.9. The molecule has 11 unspecified atom stereocenters. The molecular weight excluding hydrogens is 790 g/mol. The maximum absolute atomic E-state index is 13.8. The molecule has 2 saturated heterocycles. The van der Waals surface area contributed by atoms with Gasteiger partial charge in [0, 0.05) is 32.5 Å². The summed E-state index contributed by atoms with van der Waals surface area (Å²) in [6, 6.07) is -1.31. The third-order valence-electron chi connectivity index (χ3n) is 12.3. The van der Waals surface area contributed by atoms with Gasteiger partial charge in [-0.3, -0.25) is 14.4 Å². The molecule has 346 valence electrons. The number of aliphatic carboxylic acids is 1. The van der Waals surface area contributed by atoms with Gasteiger partial charge in [-0.15, -0.1) is 0 Å². The lowest BCUT2D eigenvalue weighted by Gasteiger charge is -2.49. The number of carboxylic acid groups (broad SMARTS) is 1. The van der Waals surface area contributed by atoms with Crippen molar-refractivity contribution >= 4 is 23.7 Å². The van der Waals surface area contributed by atoms with E-state index in [-0.39, 0.29) is 56.7 Å². The Morgan fingerprint density at radius 3 is 2.15 bits per heavy atom. The summed E-state index contributed by atoms with van der Waals surface area (Å²) in [6.07, 6.45) is -10.7. The van der Waals surface area contributed by atoms with Gasteiger partial charge in [-0.25, -0.2) is 4.79 Å². The first kappa shape index (κ1) is 50.1. The van der Waals surface area contributed by atoms with Crippen LogP contribution in [0, 0.1) is 23.2 Å². The minimum absolute atomic E-state index is 0.00571. The predicted octanol–water partition coefficient (Wildman–Crippen LogP) is -0.293. The van der Waals surface area contributed by atoms with Crippen molar-refractivity contribution in [3.63, 3.8) is 0 Å². The van der Waals surface area contributed by atoms with Gasteiger partial charge in [0.2, 0.25) is 17.7 Å². The molecule has 19 nitrogen and oxygen atoms in total. The average molecular weight is 862 g/mol. The normalized spacial score (nSPS) is 35.9. The number of carbonyl (C=O) groups excluding carboxylic acids is 3. The minimum Gasteiger partial charge on any atom is -0.479 e. The summed E-state index contributed by atoms with van der Waals surface area (Å²) in [4.78, 5) is 51.9. The molecule has 15 atom stereocenters. The molecule has 0 aromatic rings. The molecule has 60 heavy (non-hydrogen) atoms. The van der Waals surface area contributed by atoms with Crippen molar-refractivity contribution in [3.8, 4) is 0 Å². The smallest absolute Gasteiger partial charge is 0.332 e. The summed E-state index contributed by atoms with van der Waals surface area (Å²) in [5.41, 5.74) is -0.784. The highest BCUT2D eigenvalue weighted by atomic mass is 16.7. The van der Waals surface area contributed by atoms with Crippen LogP contribution >= 0.6 is 0 Å². The van der Waals surface area contributed by atoms with Crippen LogP contribution in [0.2, 0.25) is 0 Å². The molecule has 4 aliphatic rings. The van der Waals surface area contributed by atoms with E-state index in [1.807, 2.05) is 13.8 Å². The Balaban J connectivity index is 1.61. The van der Waals surface area contributed by atoms with Gasteiger partial charge in [-0.2, -0.15) is 0 Å². The van der Waals surface area contributed by atoms with Crippen LogP contribution in [-0.4, -0.2) is 167 Å². The molecule has 2 heterocycles. The second-order valence-corrected chi connectivity index (χ2v) is 17.5. The lowest BCUT2D eigenvalue weighted by molar-refractivity contribution is -0.338. The first-order chi connectivity index (χ1) is 28.4. The Kier molecular flexibility index (Phi) is 19.4. The van der Waals surface area contributed by atoms with Gasteiger partial charge in [-0.1, -0.05) is 45.4 Å². The molecule has 19 heteroatoms. The van der Waals surface area contributed by atoms with Crippen LogP contribution in [0.1, 0.15) is 99.3 Å². The zero-order valence-corrected chi connectivity index (χ0v) is 35.9. The van der Waals surface area contributed by atoms with Gasteiger partial charge >= 0.3 is 5.97 Å². The van der Waals surface area contributed by atoms with E-state index in [0.717, 1.165) is 32.1 Å². The number of carboxylic acids is 1. The number of hydrogen-bond donors (Lipinski definition) is 9. The fourth-order valence-corrected chi connectivity index (χ4v) is 8.74. The van der Waals surface area contributed by atoms with Crippen LogP contribution in [-0.2, 0) is 47.6 Å². The maximum atomic E-state index is 13.8. The molecule has 0 radical (unpaired) electrons. The highest BCUT2D eigenvalue weighted by Gasteiger charge is 2.53. The molecule has 2 aliphatic heterocycles. The zero-order chi connectivity index (χ0) is 44.3. The number of aliphatic hydroxyl groups excluding tert-OH is 5. The fraction of sp³-hybridized carbons (Fsp3) is 0.902. The van der Waals surface area contributed by atoms with Crippen molar-refractivity contribution in [2.75, 3.05) is 32.9 Å². The first-order valence-electron chi connectivity index (χ1n) is 21.7. The summed E-state index contributed by atoms with van der Waals surface area (Å²) in [5.74, 6) is -3.45. The number of hydrogen-bond acceptors (Lipinski definition) is 15. The van der Waals surface area contributed by atoms with Gasteiger partial charge in [0.05, 0.1) is 36.9 Å². The van der Waals surface area contributed by atoms with Gasteiger partial charge < -0.3 is 75.0 Å². The Morgan fingerprint density at radius 1 is 0.850 bits per heavy atom. The molecule has 2 aliphatic carbocycles. The van der Waals surface area contributed by atoms with E-state index in [4.69, 9.17) is 28.4 Å². The maximum Gasteiger partial charge on any atom is 0.332 e. The van der Waals surface area contributed by atoms with Crippen molar-refractivity contribution < 1.29 is 78.2 Å². The Hall–Kier alpha value is -2.56. The van der Waals surface area contributed by atoms with Crippen molar-refractivity contribution in [1.29, 1.82) is 0 Å². The van der Waals surface area contributed by atoms with Gasteiger partial charge in [0.25, 0.3) is 0 Å². The standard InChI is InChI=1S/C41H71N3O16/c1-7-24-17-25(36(51)42-14-15-43-40(54)41(5,6)20-55-8-2)18-26(34(24)60-39-33(50)32(49)30(47)21(3)56-39)58-38-29(44-22(4)46)35(31(48)28(19-45)59-38)57-27(37(52)53)16-23-12-10-9-11-13-23/h21,23-35,38-39,45,47-50H,7-20H2,1-6H3,(H,42,51)(H,43,54)(H,44,46)(H,52,53)/t21?,24-,25?,26?,27+,28+,29?,30?,31?,32?,33?,34?,35?,38-,39?/m1/s1. The summed E-state index contributed by atoms with van der Waals surface area (Å²) in [6.45, 7) is 10.2. The van der Waals surface area contributed by atoms with Gasteiger partial charge in [0.15, 0.2) is 18.7 Å². The van der Waals surface area contributed by atoms with Crippen molar-refractivity contribution in [3.05, 3.63) is 0 Å². The lowest BCUT2D eigenvalue weighted by atomic mass is 9.75. The Labute approximate surface area is 352 Å². The molecule has 0 aromatic heterocycles. The average Bonchev–Trinajstić information content (AvgIpc) is 3.21. The van der Waals surface area contributed by atoms with E-state index in [1.165, 1.54) is 13.8 Å². The Bertz CT molecular complexity index is 1380. The van der Waals surface area contributed by atoms with Crippen molar-refractivity contribution in [2.24, 2.45) is 23.2 Å². The van der Waals surface area contributed by atoms with Crippen LogP contribution in [0.25, 0.3) is 0 Å². The van der Waals surface area contributed by atoms with Crippen LogP contribution in [0.5, 0.6) is 0 Å². The quantitative estimate of drug-likeness (QED) is 0.0711. The largest absolute Gasteiger partial charge is 0.479 e. The molecule has 2 saturated carbocycles. The van der Waals surface area contributed by atoms with Crippen LogP contribution in [0.3, 0.4) is 0 Å². The third-order valence-corrected chi connectivity index (χ3v) is 12.3. The predicted molar refractivity (Wildman–Crippen MR) is 212 cm³/mol. The molecular formula is C41H71N3O16. The molecule has 0 aromatic carbocycles. The minimum atomic E-state index is -1.66. The van der Waals surface area contributed by atoms with Crippen LogP contribution in [0.15, 0.2) is 0 Å². The number of carbonyl (C=O) groups is 4. The van der Waals surface area contributed by atoms with Gasteiger partial charge in [0.1, 0.15) is 42.7 Å². The van der Waals surface area contributed by atoms with Gasteiger partial charge in [-0.05, 0) is 58.8 Å². The second kappa shape index (κ2) is 23.2. The molecule has 9 N–H and O–H groups in total. The van der Waals surface area contributed by atoms with Crippen molar-refractivity contribution in [2.45, 2.75) is 179 Å². The monoisotopic (exact) mass is 861 g/mol. The van der Waals surface area contributed by atoms with Crippen molar-refractivity contribution in [1.82, 2.24) is 16.0 Å². The van der Waals surface area contributed by atoms with Crippen LogP contribution < -0.4 is 16.0 Å². The molecule has 0 spiro atoms. The number of nitrogens with one attached hydrogen (secondary N) is 3. The second-order valence-electron chi connectivity index (χ2n) is 17.5. The molecule has 0 bridgehead atoms. The van der Waals surface area contributed by atoms with E-state index in [9.17, 15) is 49.8 Å². The summed E-state index contributed by atoms with van der Waals surface area (Å²) < 4.78 is 36.5. The van der Waals surface area contributed by atoms with E-state index in [0.29, 0.717) is 13.0 Å². The Morgan fingerprint density at radius 2 is 1.53 bits per heavy atom. The lowest BCUT2D eigenvalue weighted by Crippen LogP contribution is -2.67. The highest BCUT2D eigenvalue weighted by molar-refractivity contribution is 5.82. The highest BCUT2D eigenvalue weighted by Crippen LogP contribution is 2.40. The number of rotatable bonds is 20. The molecule has 4 fully saturated rings. The van der Waals surface area contributed by atoms with E-state index >= 15 is 0 Å². The molecule has 3 amide bonds. The van der Waals surface area contributed by atoms with E-state index in [2.05, 4.69) is 16.0 Å². The third kappa shape index (κ3) is 13.2. The number of aliphatic hydroxyl groups is 5. The number of ether oxygens (including phenoxy) is 6. The SMILES string of the molecule is CCOCC(C)(C)C(=O)NCCNC(=O)C1CC(O[C@@H]2O[C@@H](CO)C(O)C(O[C@@H](CC3CCCCC3)C(=O)O)C2NC(C)=O)C(OC2OC(C)C(O)C(O)C2O)[C@H](CC)C1. The summed E-state index contributed by atoms with van der Waals surface area (Å²) in [7, 11) is 0. The first-order valence-corrected chi connectivity index (χ1v) is 21.7. The fourth-order valence-electron chi connectivity index (χ4n) is 8.74. The van der Waals surface area contributed by atoms with E-state index < -0.39 is 115 Å². The topological polar surface area (TPSA) is 281 Å². The molecule has 4 rings (SSSR count). The van der Waals surface area contributed by atoms with Crippen LogP contribution in [0.4, 0.5) is 0 Å². The summed E-state index contributed by atoms with van der Waals surface area (Å²) >= 11 is 0.